The van der Waals surface area contributed by atoms with Gasteiger partial charge in [0.1, 0.15) is 0 Å². The lowest BCUT2D eigenvalue weighted by molar-refractivity contribution is -0.137. The van der Waals surface area contributed by atoms with E-state index in [0.717, 1.165) is 74.2 Å². The molecule has 0 fully saturated rings. The van der Waals surface area contributed by atoms with Crippen LogP contribution in [0.3, 0.4) is 0 Å². The van der Waals surface area contributed by atoms with Gasteiger partial charge >= 0.3 is 11.9 Å². The number of carbonyl (C=O) groups is 2. The van der Waals surface area contributed by atoms with Crippen molar-refractivity contribution in [3.8, 4) is 0 Å². The van der Waals surface area contributed by atoms with Crippen molar-refractivity contribution in [2.24, 2.45) is 0 Å². The van der Waals surface area contributed by atoms with Crippen LogP contribution in [0, 0.1) is 13.8 Å². The molecule has 0 aromatic carbocycles. The molecule has 0 saturated heterocycles. The number of carboxylic acid groups (broad SMARTS) is 2. The fourth-order valence-corrected chi connectivity index (χ4v) is 6.22. The zero-order chi connectivity index (χ0) is 30.3. The lowest BCUT2D eigenvalue weighted by atomic mass is 9.99. The van der Waals surface area contributed by atoms with Crippen molar-refractivity contribution in [1.82, 2.24) is 19.9 Å². The molecule has 0 aliphatic carbocycles. The number of nitrogens with zero attached hydrogens (tertiary/aromatic N) is 2. The average Bonchev–Trinajstić information content (AvgIpc) is 3.59. The first-order chi connectivity index (χ1) is 20.0. The van der Waals surface area contributed by atoms with Crippen molar-refractivity contribution in [1.29, 1.82) is 0 Å². The van der Waals surface area contributed by atoms with Gasteiger partial charge in [0.15, 0.2) is 0 Å². The fourth-order valence-electron chi connectivity index (χ4n) is 6.22. The Balaban J connectivity index is 1.92. The van der Waals surface area contributed by atoms with Gasteiger partial charge in [-0.05, 0) is 122 Å². The van der Waals surface area contributed by atoms with Gasteiger partial charge in [-0.2, -0.15) is 0 Å². The van der Waals surface area contributed by atoms with Crippen LogP contribution in [-0.4, -0.2) is 42.1 Å². The Labute approximate surface area is 245 Å². The summed E-state index contributed by atoms with van der Waals surface area (Å²) in [6.07, 6.45) is 2.42. The van der Waals surface area contributed by atoms with Crippen LogP contribution in [0.4, 0.5) is 0 Å². The van der Waals surface area contributed by atoms with E-state index in [1.165, 1.54) is 16.7 Å². The number of aromatic nitrogens is 4. The van der Waals surface area contributed by atoms with Crippen molar-refractivity contribution in [2.45, 2.75) is 80.1 Å². The molecule has 3 aromatic rings. The highest BCUT2D eigenvalue weighted by atomic mass is 16.4. The van der Waals surface area contributed by atoms with E-state index in [0.29, 0.717) is 24.2 Å². The molecule has 2 aliphatic heterocycles. The quantitative estimate of drug-likeness (QED) is 0.221. The minimum Gasteiger partial charge on any atom is -0.481 e. The van der Waals surface area contributed by atoms with Gasteiger partial charge in [-0.3, -0.25) is 9.59 Å². The van der Waals surface area contributed by atoms with Gasteiger partial charge in [0, 0.05) is 34.9 Å². The summed E-state index contributed by atoms with van der Waals surface area (Å²) >= 11 is 0. The largest absolute Gasteiger partial charge is 0.481 e. The summed E-state index contributed by atoms with van der Waals surface area (Å²) in [5, 5.41) is 18.9. The SMILES string of the molecule is CCc1c(C)c2cc3[nH]c(cc4nc(cc5nc(cc1[nH]2)C(C)=C5CCC(=O)O)C(C)=C4CCC(=O)O)c(C)c3CC. The molecular weight excluding hydrogens is 528 g/mol. The molecule has 8 bridgehead atoms. The predicted octanol–water partition coefficient (Wildman–Crippen LogP) is 7.65. The molecule has 0 spiro atoms. The van der Waals surface area contributed by atoms with Gasteiger partial charge in [-0.25, -0.2) is 9.97 Å². The van der Waals surface area contributed by atoms with E-state index in [1.807, 2.05) is 26.0 Å². The Kier molecular flexibility index (Phi) is 7.91. The van der Waals surface area contributed by atoms with E-state index in [2.05, 4.69) is 49.8 Å². The second-order valence-corrected chi connectivity index (χ2v) is 11.2. The second-order valence-electron chi connectivity index (χ2n) is 11.2. The van der Waals surface area contributed by atoms with Gasteiger partial charge in [0.25, 0.3) is 0 Å². The first-order valence-corrected chi connectivity index (χ1v) is 14.6. The molecule has 0 radical (unpaired) electrons. The number of fused-ring (bicyclic) bond motifs is 8. The third kappa shape index (κ3) is 5.29. The van der Waals surface area contributed by atoms with Crippen molar-refractivity contribution in [3.63, 3.8) is 0 Å². The number of hydrogen-bond acceptors (Lipinski definition) is 4. The topological polar surface area (TPSA) is 132 Å². The molecule has 8 heteroatoms. The normalized spacial score (nSPS) is 13.3. The van der Waals surface area contributed by atoms with Crippen LogP contribution >= 0.6 is 0 Å². The highest BCUT2D eigenvalue weighted by molar-refractivity contribution is 5.96. The van der Waals surface area contributed by atoms with Crippen LogP contribution in [0.5, 0.6) is 0 Å². The lowest BCUT2D eigenvalue weighted by Crippen LogP contribution is -1.95. The number of aliphatic carboxylic acids is 2. The Morgan fingerprint density at radius 3 is 1.50 bits per heavy atom. The second kappa shape index (κ2) is 11.4. The number of rotatable bonds is 8. The fraction of sp³-hybridized carbons (Fsp3) is 0.353. The Bertz CT molecular complexity index is 1850. The predicted molar refractivity (Wildman–Crippen MR) is 168 cm³/mol. The summed E-state index contributed by atoms with van der Waals surface area (Å²) in [5.74, 6) is -1.72. The van der Waals surface area contributed by atoms with Crippen molar-refractivity contribution < 1.29 is 19.8 Å². The van der Waals surface area contributed by atoms with Gasteiger partial charge < -0.3 is 20.2 Å². The number of aromatic amines is 2. The van der Waals surface area contributed by atoms with Crippen LogP contribution in [0.25, 0.3) is 44.4 Å². The summed E-state index contributed by atoms with van der Waals surface area (Å²) in [5.41, 5.74) is 15.4. The maximum atomic E-state index is 11.5. The number of hydrogen-bond donors (Lipinski definition) is 4. The zero-order valence-corrected chi connectivity index (χ0v) is 25.2. The van der Waals surface area contributed by atoms with E-state index in [4.69, 9.17) is 9.97 Å². The Hall–Kier alpha value is -4.46. The van der Waals surface area contributed by atoms with E-state index < -0.39 is 11.9 Å². The molecule has 5 heterocycles. The van der Waals surface area contributed by atoms with Crippen LogP contribution in [0.15, 0.2) is 24.3 Å². The minimum atomic E-state index is -0.860. The first-order valence-electron chi connectivity index (χ1n) is 14.6. The molecule has 0 saturated carbocycles. The first kappa shape index (κ1) is 29.0. The van der Waals surface area contributed by atoms with Crippen molar-refractivity contribution in [2.75, 3.05) is 0 Å². The number of allylic oxidation sites excluding steroid dienone is 4. The average molecular weight is 567 g/mol. The number of aryl methyl sites for hydroxylation is 4. The van der Waals surface area contributed by atoms with E-state index in [9.17, 15) is 19.8 Å². The number of nitrogens with one attached hydrogen (secondary N) is 2. The van der Waals surface area contributed by atoms with Gasteiger partial charge in [-0.15, -0.1) is 0 Å². The van der Waals surface area contributed by atoms with E-state index >= 15 is 0 Å². The third-order valence-corrected chi connectivity index (χ3v) is 8.69. The highest BCUT2D eigenvalue weighted by Crippen LogP contribution is 2.38. The molecule has 4 N–H and O–H groups in total. The number of H-pyrrole nitrogens is 2. The molecule has 218 valence electrons. The molecule has 42 heavy (non-hydrogen) atoms. The van der Waals surface area contributed by atoms with Crippen molar-refractivity contribution in [3.05, 3.63) is 69.3 Å². The van der Waals surface area contributed by atoms with E-state index in [-0.39, 0.29) is 12.8 Å². The van der Waals surface area contributed by atoms with Crippen LogP contribution in [-0.2, 0) is 22.4 Å². The van der Waals surface area contributed by atoms with Gasteiger partial charge in [0.05, 0.1) is 22.8 Å². The molecule has 0 amide bonds. The molecule has 8 nitrogen and oxygen atoms in total. The van der Waals surface area contributed by atoms with Crippen LogP contribution < -0.4 is 0 Å². The molecule has 5 rings (SSSR count). The Morgan fingerprint density at radius 2 is 1.02 bits per heavy atom. The maximum absolute atomic E-state index is 11.5. The third-order valence-electron chi connectivity index (χ3n) is 8.69. The molecule has 2 aliphatic rings. The summed E-state index contributed by atoms with van der Waals surface area (Å²) in [6.45, 7) is 12.5. The summed E-state index contributed by atoms with van der Waals surface area (Å²) < 4.78 is 0. The maximum Gasteiger partial charge on any atom is 0.303 e. The summed E-state index contributed by atoms with van der Waals surface area (Å²) in [4.78, 5) is 40.3. The molecular formula is C34H38N4O4. The molecule has 3 aromatic heterocycles. The van der Waals surface area contributed by atoms with E-state index in [1.54, 1.807) is 0 Å². The number of carboxylic acids is 2. The molecule has 0 unspecified atom stereocenters. The lowest BCUT2D eigenvalue weighted by Gasteiger charge is -2.04. The standard InChI is InChI=1S/C34H38N4O4/c1-7-21-17(3)25-13-29-22(8-2)18(4)26(36-29)15-31-24(10-12-34(41)42)20(6)28(38-31)16-32-23(9-11-33(39)40)19(5)27(37-32)14-30(21)35-25/h13-16,35-36H,7-12H2,1-6H3,(H,39,40)(H,41,42). The zero-order valence-electron chi connectivity index (χ0n) is 25.2. The smallest absolute Gasteiger partial charge is 0.303 e. The minimum absolute atomic E-state index is 0.000435. The van der Waals surface area contributed by atoms with Crippen molar-refractivity contribution >= 4 is 56.3 Å². The van der Waals surface area contributed by atoms with Crippen LogP contribution in [0.2, 0.25) is 0 Å². The summed E-state index contributed by atoms with van der Waals surface area (Å²) in [7, 11) is 0. The van der Waals surface area contributed by atoms with Crippen LogP contribution in [0.1, 0.15) is 98.4 Å². The monoisotopic (exact) mass is 566 g/mol. The summed E-state index contributed by atoms with van der Waals surface area (Å²) in [6, 6.07) is 8.19. The highest BCUT2D eigenvalue weighted by Gasteiger charge is 2.22. The molecule has 0 atom stereocenters. The van der Waals surface area contributed by atoms with Gasteiger partial charge in [0.2, 0.25) is 0 Å². The Morgan fingerprint density at radius 1 is 0.619 bits per heavy atom. The van der Waals surface area contributed by atoms with Gasteiger partial charge in [-0.1, -0.05) is 13.8 Å².